The molecular formula is C47H80N6O18. The van der Waals surface area contributed by atoms with Crippen LogP contribution in [0.25, 0.3) is 0 Å². The van der Waals surface area contributed by atoms with Crippen molar-refractivity contribution in [1.29, 1.82) is 0 Å². The van der Waals surface area contributed by atoms with Crippen molar-refractivity contribution in [2.24, 2.45) is 5.92 Å². The Morgan fingerprint density at radius 3 is 1.51 bits per heavy atom. The highest BCUT2D eigenvalue weighted by Gasteiger charge is 2.30. The lowest BCUT2D eigenvalue weighted by atomic mass is 10.0. The number of nitrogens with one attached hydrogen (secondary N) is 6. The van der Waals surface area contributed by atoms with E-state index in [1.165, 1.54) is 6.92 Å². The molecule has 6 amide bonds. The molecule has 0 aromatic heterocycles. The lowest BCUT2D eigenvalue weighted by Gasteiger charge is -2.26. The first-order valence-electron chi connectivity index (χ1n) is 24.0. The summed E-state index contributed by atoms with van der Waals surface area (Å²) >= 11 is 0. The molecule has 6 N–H and O–H groups in total. The monoisotopic (exact) mass is 1020 g/mol. The van der Waals surface area contributed by atoms with Crippen LogP contribution in [-0.4, -0.2) is 212 Å². The number of carbonyl (C=O) groups is 7. The average Bonchev–Trinajstić information content (AvgIpc) is 3.36. The second-order valence-corrected chi connectivity index (χ2v) is 15.7. The molecule has 1 aromatic carbocycles. The number of methoxy groups -OCH3 is 1. The smallest absolute Gasteiger partial charge is 0.408 e. The molecule has 24 nitrogen and oxygen atoms in total. The number of amides is 6. The molecule has 406 valence electrons. The maximum absolute atomic E-state index is 13.6. The summed E-state index contributed by atoms with van der Waals surface area (Å²) in [6, 6.07) is 5.67. The summed E-state index contributed by atoms with van der Waals surface area (Å²) in [5, 5.41) is 15.2. The fourth-order valence-electron chi connectivity index (χ4n) is 5.69. The third-order valence-electron chi connectivity index (χ3n) is 9.51. The van der Waals surface area contributed by atoms with Gasteiger partial charge in [-0.05, 0) is 37.7 Å². The first-order chi connectivity index (χ1) is 34.5. The van der Waals surface area contributed by atoms with Crippen LogP contribution in [-0.2, 0) is 87.5 Å². The van der Waals surface area contributed by atoms with Gasteiger partial charge in [-0.2, -0.15) is 0 Å². The number of alkyl carbamates (subject to hydrolysis) is 1. The first-order valence-corrected chi connectivity index (χ1v) is 24.0. The fourth-order valence-corrected chi connectivity index (χ4v) is 5.69. The Morgan fingerprint density at radius 1 is 0.535 bits per heavy atom. The summed E-state index contributed by atoms with van der Waals surface area (Å²) in [6.45, 7) is 12.1. The molecule has 0 heterocycles. The third kappa shape index (κ3) is 37.5. The van der Waals surface area contributed by atoms with Gasteiger partial charge in [0.05, 0.1) is 132 Å². The van der Waals surface area contributed by atoms with E-state index in [-0.39, 0.29) is 51.8 Å². The number of benzene rings is 1. The van der Waals surface area contributed by atoms with Gasteiger partial charge in [-0.25, -0.2) is 4.79 Å². The van der Waals surface area contributed by atoms with E-state index in [4.69, 9.17) is 52.1 Å². The lowest BCUT2D eigenvalue weighted by Crippen LogP contribution is -2.58. The molecule has 0 radical (unpaired) electrons. The molecule has 1 rings (SSSR count). The van der Waals surface area contributed by atoms with E-state index >= 15 is 0 Å². The highest BCUT2D eigenvalue weighted by atomic mass is 16.6. The van der Waals surface area contributed by atoms with Crippen LogP contribution in [0.2, 0.25) is 0 Å². The van der Waals surface area contributed by atoms with Crippen LogP contribution >= 0.6 is 0 Å². The van der Waals surface area contributed by atoms with Crippen molar-refractivity contribution >= 4 is 41.9 Å². The fraction of sp³-hybridized carbons (Fsp3) is 0.723. The van der Waals surface area contributed by atoms with Gasteiger partial charge in [-0.1, -0.05) is 44.2 Å². The molecule has 1 aromatic rings. The van der Waals surface area contributed by atoms with Crippen molar-refractivity contribution in [3.05, 3.63) is 35.9 Å². The van der Waals surface area contributed by atoms with Gasteiger partial charge in [-0.3, -0.25) is 24.0 Å². The lowest BCUT2D eigenvalue weighted by molar-refractivity contribution is -0.133. The molecule has 0 saturated carbocycles. The van der Waals surface area contributed by atoms with E-state index in [0.29, 0.717) is 125 Å². The zero-order valence-corrected chi connectivity index (χ0v) is 42.0. The average molecular weight is 1020 g/mol. The second-order valence-electron chi connectivity index (χ2n) is 15.7. The maximum Gasteiger partial charge on any atom is 0.408 e. The van der Waals surface area contributed by atoms with Crippen LogP contribution in [0.3, 0.4) is 0 Å². The van der Waals surface area contributed by atoms with E-state index < -0.39 is 60.3 Å². The van der Waals surface area contributed by atoms with Crippen molar-refractivity contribution in [3.63, 3.8) is 0 Å². The zero-order valence-electron chi connectivity index (χ0n) is 42.0. The molecule has 0 saturated heterocycles. The Bertz CT molecular complexity index is 1570. The summed E-state index contributed by atoms with van der Waals surface area (Å²) in [6.07, 6.45) is 0.631. The van der Waals surface area contributed by atoms with Crippen LogP contribution < -0.4 is 31.9 Å². The number of hydrogen-bond acceptors (Lipinski definition) is 18. The van der Waals surface area contributed by atoms with Gasteiger partial charge in [-0.15, -0.1) is 0 Å². The Hall–Kier alpha value is -4.89. The SMILES string of the molecule is COCCOCCOCCOCCOCCOCCOCCOCCOCCOCC(=O)NCCCC[C@H](NC(=O)OCc1ccccc1)C(=O)N[C@H](C(=O)N[C@@H](C)C(=O)NCC(=O)NCC=O)C(C)C. The first kappa shape index (κ1) is 64.1. The van der Waals surface area contributed by atoms with Crippen molar-refractivity contribution in [2.45, 2.75) is 64.8 Å². The Labute approximate surface area is 417 Å². The normalized spacial score (nSPS) is 12.4. The second kappa shape index (κ2) is 45.0. The minimum atomic E-state index is -1.11. The van der Waals surface area contributed by atoms with Crippen LogP contribution in [0.1, 0.15) is 45.6 Å². The molecule has 71 heavy (non-hydrogen) atoms. The van der Waals surface area contributed by atoms with Crippen molar-refractivity contribution < 1.29 is 85.7 Å². The largest absolute Gasteiger partial charge is 0.445 e. The summed E-state index contributed by atoms with van der Waals surface area (Å²) in [4.78, 5) is 86.7. The Morgan fingerprint density at radius 2 is 1.03 bits per heavy atom. The van der Waals surface area contributed by atoms with Gasteiger partial charge >= 0.3 is 6.09 Å². The molecule has 0 aliphatic carbocycles. The van der Waals surface area contributed by atoms with Gasteiger partial charge in [0.2, 0.25) is 29.5 Å². The van der Waals surface area contributed by atoms with Crippen LogP contribution in [0.4, 0.5) is 4.79 Å². The van der Waals surface area contributed by atoms with E-state index in [9.17, 15) is 33.6 Å². The number of unbranched alkanes of at least 4 members (excludes halogenated alkanes) is 1. The van der Waals surface area contributed by atoms with Crippen LogP contribution in [0.5, 0.6) is 0 Å². The van der Waals surface area contributed by atoms with Crippen molar-refractivity contribution in [1.82, 2.24) is 31.9 Å². The van der Waals surface area contributed by atoms with Gasteiger partial charge < -0.3 is 88.8 Å². The minimum Gasteiger partial charge on any atom is -0.445 e. The van der Waals surface area contributed by atoms with Crippen molar-refractivity contribution in [3.8, 4) is 0 Å². The van der Waals surface area contributed by atoms with Crippen molar-refractivity contribution in [2.75, 3.05) is 152 Å². The van der Waals surface area contributed by atoms with E-state index in [0.717, 1.165) is 5.56 Å². The Balaban J connectivity index is 2.23. The topological polar surface area (TPSA) is 293 Å². The number of aldehydes is 1. The van der Waals surface area contributed by atoms with Gasteiger partial charge in [0.1, 0.15) is 37.6 Å². The van der Waals surface area contributed by atoms with Gasteiger partial charge in [0.25, 0.3) is 0 Å². The predicted octanol–water partition coefficient (Wildman–Crippen LogP) is -0.560. The molecule has 0 spiro atoms. The third-order valence-corrected chi connectivity index (χ3v) is 9.51. The van der Waals surface area contributed by atoms with Crippen LogP contribution in [0.15, 0.2) is 30.3 Å². The number of ether oxygens (including phenoxy) is 11. The standard InChI is InChI=1S/C47H80N6O18/c1-37(2)43(46(59)51-38(3)44(57)50-34-41(55)49-14-15-54)53-45(58)40(52-47(60)71-35-39-10-6-5-7-11-39)12-8-9-13-48-42(56)36-70-33-32-69-31-30-68-29-28-67-27-26-66-25-24-65-23-22-64-21-20-63-19-18-62-17-16-61-4/h5-7,10-11,15,37-38,40,43H,8-9,12-14,16-36H2,1-4H3,(H,48,56)(H,49,55)(H,50,57)(H,51,59)(H,52,60)(H,53,58)/t38-,40-,43-/m0/s1. The highest BCUT2D eigenvalue weighted by molar-refractivity contribution is 5.94. The predicted molar refractivity (Wildman–Crippen MR) is 256 cm³/mol. The van der Waals surface area contributed by atoms with E-state index in [1.54, 1.807) is 45.2 Å². The molecule has 0 unspecified atom stereocenters. The summed E-state index contributed by atoms with van der Waals surface area (Å²) in [5.74, 6) is -3.35. The molecular weight excluding hydrogens is 937 g/mol. The van der Waals surface area contributed by atoms with Gasteiger partial charge in [0.15, 0.2) is 0 Å². The Kier molecular flexibility index (Phi) is 40.6. The zero-order chi connectivity index (χ0) is 52.0. The highest BCUT2D eigenvalue weighted by Crippen LogP contribution is 2.08. The molecule has 0 aliphatic heterocycles. The number of carbonyl (C=O) groups excluding carboxylic acids is 7. The van der Waals surface area contributed by atoms with Crippen LogP contribution in [0, 0.1) is 5.92 Å². The maximum atomic E-state index is 13.6. The van der Waals surface area contributed by atoms with E-state index in [2.05, 4.69) is 31.9 Å². The molecule has 0 fully saturated rings. The molecule has 3 atom stereocenters. The quantitative estimate of drug-likeness (QED) is 0.0352. The number of hydrogen-bond donors (Lipinski definition) is 6. The minimum absolute atomic E-state index is 0.0391. The molecule has 0 aliphatic rings. The summed E-state index contributed by atoms with van der Waals surface area (Å²) < 4.78 is 59.2. The number of rotatable bonds is 47. The van der Waals surface area contributed by atoms with E-state index in [1.807, 2.05) is 6.07 Å². The summed E-state index contributed by atoms with van der Waals surface area (Å²) in [5.41, 5.74) is 0.738. The molecule has 0 bridgehead atoms. The molecule has 24 heteroatoms. The van der Waals surface area contributed by atoms with Gasteiger partial charge in [0, 0.05) is 13.7 Å². The summed E-state index contributed by atoms with van der Waals surface area (Å²) in [7, 11) is 1.63.